The molecule has 0 bridgehead atoms. The number of H-pyrrole nitrogens is 1. The summed E-state index contributed by atoms with van der Waals surface area (Å²) in [4.78, 5) is 3.11. The van der Waals surface area contributed by atoms with Crippen molar-refractivity contribution in [3.63, 3.8) is 0 Å². The molecule has 1 heterocycles. The van der Waals surface area contributed by atoms with Gasteiger partial charge in [0.05, 0.1) is 16.7 Å². The SMILES string of the molecule is Cc1cccc2[nH]c(=S)n(-c3ccc(Br)cc3F)c12. The molecule has 1 aromatic heterocycles. The normalized spacial score (nSPS) is 11.1. The monoisotopic (exact) mass is 336 g/mol. The van der Waals surface area contributed by atoms with Crippen molar-refractivity contribution >= 4 is 39.2 Å². The lowest BCUT2D eigenvalue weighted by Crippen LogP contribution is -1.98. The Balaban J connectivity index is 2.42. The van der Waals surface area contributed by atoms with Crippen LogP contribution >= 0.6 is 28.1 Å². The van der Waals surface area contributed by atoms with Gasteiger partial charge in [0.15, 0.2) is 4.77 Å². The minimum absolute atomic E-state index is 0.311. The Morgan fingerprint density at radius 2 is 2.05 bits per heavy atom. The van der Waals surface area contributed by atoms with Crippen LogP contribution in [0, 0.1) is 17.5 Å². The van der Waals surface area contributed by atoms with Gasteiger partial charge in [0.1, 0.15) is 5.82 Å². The third kappa shape index (κ3) is 2.03. The van der Waals surface area contributed by atoms with Crippen molar-refractivity contribution in [1.82, 2.24) is 9.55 Å². The van der Waals surface area contributed by atoms with Crippen LogP contribution in [0.5, 0.6) is 0 Å². The third-order valence-corrected chi connectivity index (χ3v) is 3.83. The highest BCUT2D eigenvalue weighted by molar-refractivity contribution is 9.10. The highest BCUT2D eigenvalue weighted by Crippen LogP contribution is 2.25. The summed E-state index contributed by atoms with van der Waals surface area (Å²) in [5, 5.41) is 0. The molecule has 0 unspecified atom stereocenters. The number of benzene rings is 2. The molecule has 3 aromatic rings. The smallest absolute Gasteiger partial charge is 0.182 e. The Bertz CT molecular complexity index is 835. The first-order valence-corrected chi connectivity index (χ1v) is 6.94. The largest absolute Gasteiger partial charge is 0.330 e. The van der Waals surface area contributed by atoms with E-state index in [9.17, 15) is 4.39 Å². The molecule has 0 aliphatic carbocycles. The van der Waals surface area contributed by atoms with Crippen LogP contribution in [-0.4, -0.2) is 9.55 Å². The summed E-state index contributed by atoms with van der Waals surface area (Å²) in [6, 6.07) is 10.8. The van der Waals surface area contributed by atoms with Crippen molar-refractivity contribution in [2.75, 3.05) is 0 Å². The van der Waals surface area contributed by atoms with Gasteiger partial charge in [-0.3, -0.25) is 4.57 Å². The molecule has 0 aliphatic rings. The average Bonchev–Trinajstić information content (AvgIpc) is 2.67. The molecule has 0 atom stereocenters. The third-order valence-electron chi connectivity index (χ3n) is 3.06. The maximum atomic E-state index is 14.1. The fourth-order valence-electron chi connectivity index (χ4n) is 2.22. The van der Waals surface area contributed by atoms with Crippen LogP contribution in [0.25, 0.3) is 16.7 Å². The minimum atomic E-state index is -0.311. The highest BCUT2D eigenvalue weighted by Gasteiger charge is 2.12. The van der Waals surface area contributed by atoms with Crippen LogP contribution in [0.15, 0.2) is 40.9 Å². The second-order valence-corrected chi connectivity index (χ2v) is 5.63. The van der Waals surface area contributed by atoms with Crippen LogP contribution in [0.4, 0.5) is 4.39 Å². The molecule has 0 spiro atoms. The van der Waals surface area contributed by atoms with E-state index in [4.69, 9.17) is 12.2 Å². The van der Waals surface area contributed by atoms with Crippen LogP contribution in [-0.2, 0) is 0 Å². The van der Waals surface area contributed by atoms with E-state index in [1.54, 1.807) is 16.7 Å². The lowest BCUT2D eigenvalue weighted by molar-refractivity contribution is 0.618. The fraction of sp³-hybridized carbons (Fsp3) is 0.0714. The van der Waals surface area contributed by atoms with Crippen LogP contribution in [0.3, 0.4) is 0 Å². The summed E-state index contributed by atoms with van der Waals surface area (Å²) in [6.45, 7) is 1.98. The first-order chi connectivity index (χ1) is 9.08. The average molecular weight is 337 g/mol. The van der Waals surface area contributed by atoms with E-state index < -0.39 is 0 Å². The van der Waals surface area contributed by atoms with Gasteiger partial charge in [-0.1, -0.05) is 28.1 Å². The molecule has 0 saturated carbocycles. The molecule has 0 radical (unpaired) electrons. The van der Waals surface area contributed by atoms with Crippen molar-refractivity contribution in [2.24, 2.45) is 0 Å². The summed E-state index contributed by atoms with van der Waals surface area (Å²) >= 11 is 8.58. The van der Waals surface area contributed by atoms with E-state index in [1.807, 2.05) is 25.1 Å². The maximum absolute atomic E-state index is 14.1. The number of hydrogen-bond acceptors (Lipinski definition) is 1. The molecular weight excluding hydrogens is 327 g/mol. The molecule has 0 amide bonds. The fourth-order valence-corrected chi connectivity index (χ4v) is 2.85. The van der Waals surface area contributed by atoms with Crippen molar-refractivity contribution in [3.8, 4) is 5.69 Å². The molecule has 2 aromatic carbocycles. The second kappa shape index (κ2) is 4.58. The summed E-state index contributed by atoms with van der Waals surface area (Å²) in [6.07, 6.45) is 0. The van der Waals surface area contributed by atoms with E-state index in [-0.39, 0.29) is 5.82 Å². The zero-order valence-corrected chi connectivity index (χ0v) is 12.5. The van der Waals surface area contributed by atoms with Gasteiger partial charge in [0.25, 0.3) is 0 Å². The Morgan fingerprint density at radius 3 is 2.79 bits per heavy atom. The van der Waals surface area contributed by atoms with E-state index >= 15 is 0 Å². The molecule has 5 heteroatoms. The molecule has 1 N–H and O–H groups in total. The summed E-state index contributed by atoms with van der Waals surface area (Å²) < 4.78 is 17.1. The van der Waals surface area contributed by atoms with E-state index in [0.717, 1.165) is 16.6 Å². The first kappa shape index (κ1) is 12.6. The number of hydrogen-bond donors (Lipinski definition) is 1. The van der Waals surface area contributed by atoms with Gasteiger partial charge < -0.3 is 4.98 Å². The van der Waals surface area contributed by atoms with Crippen LogP contribution in [0.1, 0.15) is 5.56 Å². The van der Waals surface area contributed by atoms with Gasteiger partial charge >= 0.3 is 0 Å². The number of imidazole rings is 1. The second-order valence-electron chi connectivity index (χ2n) is 4.33. The molecule has 2 nitrogen and oxygen atoms in total. The number of aromatic amines is 1. The number of para-hydroxylation sites is 1. The van der Waals surface area contributed by atoms with Gasteiger partial charge in [-0.05, 0) is 49.0 Å². The number of fused-ring (bicyclic) bond motifs is 1. The number of nitrogens with one attached hydrogen (secondary N) is 1. The van der Waals surface area contributed by atoms with Gasteiger partial charge in [-0.25, -0.2) is 4.39 Å². The van der Waals surface area contributed by atoms with Gasteiger partial charge in [0, 0.05) is 4.47 Å². The maximum Gasteiger partial charge on any atom is 0.182 e. The molecule has 0 saturated heterocycles. The first-order valence-electron chi connectivity index (χ1n) is 5.73. The topological polar surface area (TPSA) is 20.7 Å². The molecule has 96 valence electrons. The summed E-state index contributed by atoms with van der Waals surface area (Å²) in [5.74, 6) is -0.311. The predicted octanol–water partition coefficient (Wildman–Crippen LogP) is 4.90. The van der Waals surface area contributed by atoms with Gasteiger partial charge in [-0.2, -0.15) is 0 Å². The number of aromatic nitrogens is 2. The lowest BCUT2D eigenvalue weighted by atomic mass is 10.2. The number of aryl methyl sites for hydroxylation is 1. The Labute approximate surface area is 123 Å². The predicted molar refractivity (Wildman–Crippen MR) is 80.9 cm³/mol. The zero-order valence-electron chi connectivity index (χ0n) is 10.1. The lowest BCUT2D eigenvalue weighted by Gasteiger charge is -2.08. The van der Waals surface area contributed by atoms with E-state index in [2.05, 4.69) is 20.9 Å². The van der Waals surface area contributed by atoms with Crippen molar-refractivity contribution < 1.29 is 4.39 Å². The Hall–Kier alpha value is -1.46. The van der Waals surface area contributed by atoms with Crippen molar-refractivity contribution in [2.45, 2.75) is 6.92 Å². The zero-order chi connectivity index (χ0) is 13.6. The molecular formula is C14H10BrFN2S. The molecule has 19 heavy (non-hydrogen) atoms. The van der Waals surface area contributed by atoms with Crippen LogP contribution < -0.4 is 0 Å². The standard InChI is InChI=1S/C14H10BrFN2S/c1-8-3-2-4-11-13(8)18(14(19)17-11)12-6-5-9(15)7-10(12)16/h2-7H,1H3,(H,17,19). The number of rotatable bonds is 1. The van der Waals surface area contributed by atoms with Crippen molar-refractivity contribution in [3.05, 3.63) is 57.0 Å². The van der Waals surface area contributed by atoms with Crippen LogP contribution in [0.2, 0.25) is 0 Å². The van der Waals surface area contributed by atoms with E-state index in [0.29, 0.717) is 14.9 Å². The quantitative estimate of drug-likeness (QED) is 0.627. The minimum Gasteiger partial charge on any atom is -0.330 e. The van der Waals surface area contributed by atoms with Gasteiger partial charge in [-0.15, -0.1) is 0 Å². The highest BCUT2D eigenvalue weighted by atomic mass is 79.9. The van der Waals surface area contributed by atoms with E-state index in [1.165, 1.54) is 6.07 Å². The molecule has 0 aliphatic heterocycles. The molecule has 0 fully saturated rings. The summed E-state index contributed by atoms with van der Waals surface area (Å²) in [7, 11) is 0. The van der Waals surface area contributed by atoms with Gasteiger partial charge in [0.2, 0.25) is 0 Å². The molecule has 3 rings (SSSR count). The Kier molecular flexibility index (Phi) is 3.03. The number of halogens is 2. The Morgan fingerprint density at radius 1 is 1.26 bits per heavy atom. The summed E-state index contributed by atoms with van der Waals surface area (Å²) in [5.41, 5.74) is 3.32. The number of nitrogens with zero attached hydrogens (tertiary/aromatic N) is 1. The van der Waals surface area contributed by atoms with Crippen molar-refractivity contribution in [1.29, 1.82) is 0 Å².